The molecule has 1 fully saturated rings. The van der Waals surface area contributed by atoms with Crippen LogP contribution in [-0.4, -0.2) is 42.0 Å². The molecule has 4 aromatic rings. The van der Waals surface area contributed by atoms with E-state index in [2.05, 4.69) is 30.7 Å². The standard InChI is InChI=1S/C21H16ClFN8O/c22-15-1-11(7-24)2-16(23)21(15)31-17-5-18(25-8-12(17)9-28-31)30-20-6-19(26-10-27-20)29-13-3-14(32)4-13/h1-2,5-6,8-10,13-14,32H,3-4H2,(H2,25,26,27,29,30)/t13-,14+. The van der Waals surface area contributed by atoms with E-state index in [1.165, 1.54) is 17.1 Å². The van der Waals surface area contributed by atoms with Crippen molar-refractivity contribution in [2.75, 3.05) is 10.6 Å². The molecule has 0 saturated heterocycles. The Morgan fingerprint density at radius 3 is 2.62 bits per heavy atom. The number of fused-ring (bicyclic) bond motifs is 1. The zero-order chi connectivity index (χ0) is 22.2. The lowest BCUT2D eigenvalue weighted by molar-refractivity contribution is 0.0835. The number of aliphatic hydroxyl groups excluding tert-OH is 1. The summed E-state index contributed by atoms with van der Waals surface area (Å²) in [6, 6.07) is 8.01. The predicted octanol–water partition coefficient (Wildman–Crippen LogP) is 3.55. The first kappa shape index (κ1) is 20.1. The van der Waals surface area contributed by atoms with Gasteiger partial charge in [0.15, 0.2) is 5.82 Å². The van der Waals surface area contributed by atoms with Crippen LogP contribution in [0.25, 0.3) is 16.6 Å². The van der Waals surface area contributed by atoms with Crippen LogP contribution in [0.1, 0.15) is 18.4 Å². The van der Waals surface area contributed by atoms with Crippen molar-refractivity contribution in [3.8, 4) is 11.8 Å². The van der Waals surface area contributed by atoms with Gasteiger partial charge in [0, 0.05) is 29.8 Å². The van der Waals surface area contributed by atoms with Crippen LogP contribution in [0, 0.1) is 17.1 Å². The molecular formula is C21H16ClFN8O. The van der Waals surface area contributed by atoms with Crippen molar-refractivity contribution in [1.29, 1.82) is 5.26 Å². The summed E-state index contributed by atoms with van der Waals surface area (Å²) in [5, 5.41) is 29.8. The van der Waals surface area contributed by atoms with Crippen molar-refractivity contribution in [2.45, 2.75) is 25.0 Å². The molecule has 9 nitrogen and oxygen atoms in total. The van der Waals surface area contributed by atoms with E-state index in [-0.39, 0.29) is 28.4 Å². The lowest BCUT2D eigenvalue weighted by Gasteiger charge is -2.32. The molecule has 32 heavy (non-hydrogen) atoms. The Morgan fingerprint density at radius 1 is 1.09 bits per heavy atom. The Balaban J connectivity index is 1.44. The van der Waals surface area contributed by atoms with Gasteiger partial charge in [-0.2, -0.15) is 10.4 Å². The second-order valence-electron chi connectivity index (χ2n) is 7.47. The van der Waals surface area contributed by atoms with Crippen LogP contribution in [0.4, 0.5) is 21.8 Å². The minimum absolute atomic E-state index is 0.0500. The molecular weight excluding hydrogens is 435 g/mol. The lowest BCUT2D eigenvalue weighted by atomic mass is 9.89. The zero-order valence-electron chi connectivity index (χ0n) is 16.5. The second kappa shape index (κ2) is 8.03. The molecule has 1 saturated carbocycles. The van der Waals surface area contributed by atoms with Gasteiger partial charge < -0.3 is 15.7 Å². The van der Waals surface area contributed by atoms with Gasteiger partial charge in [-0.15, -0.1) is 0 Å². The topological polar surface area (TPSA) is 125 Å². The summed E-state index contributed by atoms with van der Waals surface area (Å²) in [7, 11) is 0. The minimum atomic E-state index is -0.655. The van der Waals surface area contributed by atoms with Gasteiger partial charge in [-0.1, -0.05) is 11.6 Å². The first-order valence-electron chi connectivity index (χ1n) is 9.77. The molecule has 0 unspecified atom stereocenters. The van der Waals surface area contributed by atoms with E-state index < -0.39 is 5.82 Å². The largest absolute Gasteiger partial charge is 0.393 e. The van der Waals surface area contributed by atoms with Gasteiger partial charge in [0.05, 0.1) is 34.5 Å². The van der Waals surface area contributed by atoms with Crippen molar-refractivity contribution >= 4 is 40.0 Å². The van der Waals surface area contributed by atoms with Gasteiger partial charge in [-0.3, -0.25) is 0 Å². The van der Waals surface area contributed by atoms with Crippen LogP contribution in [0.5, 0.6) is 0 Å². The number of hydrogen-bond donors (Lipinski definition) is 3. The average Bonchev–Trinajstić information content (AvgIpc) is 3.15. The Morgan fingerprint density at radius 2 is 1.88 bits per heavy atom. The third kappa shape index (κ3) is 3.79. The van der Waals surface area contributed by atoms with Gasteiger partial charge in [-0.05, 0) is 25.0 Å². The number of rotatable bonds is 5. The first-order valence-corrected chi connectivity index (χ1v) is 10.1. The molecule has 1 aliphatic rings. The lowest BCUT2D eigenvalue weighted by Crippen LogP contribution is -2.39. The fourth-order valence-corrected chi connectivity index (χ4v) is 3.84. The van der Waals surface area contributed by atoms with Crippen LogP contribution in [0.3, 0.4) is 0 Å². The van der Waals surface area contributed by atoms with Crippen LogP contribution in [-0.2, 0) is 0 Å². The molecule has 0 aliphatic heterocycles. The van der Waals surface area contributed by atoms with Crippen molar-refractivity contribution in [3.05, 3.63) is 59.4 Å². The van der Waals surface area contributed by atoms with E-state index in [9.17, 15) is 9.50 Å². The summed E-state index contributed by atoms with van der Waals surface area (Å²) >= 11 is 6.24. The number of aromatic nitrogens is 5. The fourth-order valence-electron chi connectivity index (χ4n) is 3.55. The number of anilines is 3. The van der Waals surface area contributed by atoms with Crippen molar-refractivity contribution in [3.63, 3.8) is 0 Å². The molecule has 0 radical (unpaired) electrons. The number of halogens is 2. The maximum absolute atomic E-state index is 14.7. The Hall–Kier alpha value is -3.81. The summed E-state index contributed by atoms with van der Waals surface area (Å²) in [5.74, 6) is 0.964. The van der Waals surface area contributed by atoms with Crippen LogP contribution < -0.4 is 10.6 Å². The zero-order valence-corrected chi connectivity index (χ0v) is 17.3. The van der Waals surface area contributed by atoms with Gasteiger partial charge >= 0.3 is 0 Å². The fraction of sp³-hybridized carbons (Fsp3) is 0.190. The molecule has 3 heterocycles. The second-order valence-corrected chi connectivity index (χ2v) is 7.87. The maximum Gasteiger partial charge on any atom is 0.151 e. The summed E-state index contributed by atoms with van der Waals surface area (Å²) in [5.41, 5.74) is 0.749. The number of nitrogens with one attached hydrogen (secondary N) is 2. The monoisotopic (exact) mass is 450 g/mol. The molecule has 160 valence electrons. The summed E-state index contributed by atoms with van der Waals surface area (Å²) in [6.45, 7) is 0. The number of nitrogens with zero attached hydrogens (tertiary/aromatic N) is 6. The maximum atomic E-state index is 14.7. The normalized spacial score (nSPS) is 17.6. The van der Waals surface area contributed by atoms with Crippen molar-refractivity contribution in [2.24, 2.45) is 0 Å². The summed E-state index contributed by atoms with van der Waals surface area (Å²) in [6.07, 6.45) is 5.69. The van der Waals surface area contributed by atoms with Gasteiger partial charge in [0.25, 0.3) is 0 Å². The number of hydrogen-bond acceptors (Lipinski definition) is 8. The minimum Gasteiger partial charge on any atom is -0.393 e. The van der Waals surface area contributed by atoms with Crippen LogP contribution in [0.15, 0.2) is 43.0 Å². The Labute approximate surface area is 186 Å². The van der Waals surface area contributed by atoms with Crippen LogP contribution >= 0.6 is 11.6 Å². The van der Waals surface area contributed by atoms with Crippen molar-refractivity contribution < 1.29 is 9.50 Å². The highest BCUT2D eigenvalue weighted by molar-refractivity contribution is 6.32. The molecule has 0 spiro atoms. The van der Waals surface area contributed by atoms with Crippen molar-refractivity contribution in [1.82, 2.24) is 24.7 Å². The number of benzene rings is 1. The number of aliphatic hydroxyl groups is 1. The van der Waals surface area contributed by atoms with E-state index in [0.717, 1.165) is 6.07 Å². The molecule has 11 heteroatoms. The highest BCUT2D eigenvalue weighted by atomic mass is 35.5. The predicted molar refractivity (Wildman–Crippen MR) is 117 cm³/mol. The van der Waals surface area contributed by atoms with Gasteiger partial charge in [0.1, 0.15) is 29.5 Å². The molecule has 3 aromatic heterocycles. The molecule has 0 amide bonds. The molecule has 0 atom stereocenters. The van der Waals surface area contributed by atoms with E-state index >= 15 is 0 Å². The summed E-state index contributed by atoms with van der Waals surface area (Å²) < 4.78 is 16.0. The SMILES string of the molecule is N#Cc1cc(F)c(-n2ncc3cnc(Nc4cc(N[C@H]5C[C@@H](O)C5)ncn4)cc32)c(Cl)c1. The third-order valence-electron chi connectivity index (χ3n) is 5.20. The highest BCUT2D eigenvalue weighted by Gasteiger charge is 2.27. The van der Waals surface area contributed by atoms with E-state index in [1.54, 1.807) is 24.5 Å². The molecule has 1 aromatic carbocycles. The highest BCUT2D eigenvalue weighted by Crippen LogP contribution is 2.29. The van der Waals surface area contributed by atoms with Crippen LogP contribution in [0.2, 0.25) is 5.02 Å². The summed E-state index contributed by atoms with van der Waals surface area (Å²) in [4.78, 5) is 12.8. The van der Waals surface area contributed by atoms with Gasteiger partial charge in [-0.25, -0.2) is 24.0 Å². The first-order chi connectivity index (χ1) is 15.5. The third-order valence-corrected chi connectivity index (χ3v) is 5.49. The van der Waals surface area contributed by atoms with Gasteiger partial charge in [0.2, 0.25) is 0 Å². The van der Waals surface area contributed by atoms with E-state index in [1.807, 2.05) is 6.07 Å². The smallest absolute Gasteiger partial charge is 0.151 e. The Kier molecular flexibility index (Phi) is 5.05. The Bertz CT molecular complexity index is 1340. The molecule has 5 rings (SSSR count). The quantitative estimate of drug-likeness (QED) is 0.421. The molecule has 1 aliphatic carbocycles. The van der Waals surface area contributed by atoms with E-state index in [0.29, 0.717) is 41.2 Å². The molecule has 0 bridgehead atoms. The number of pyridine rings is 1. The molecule has 3 N–H and O–H groups in total. The number of nitriles is 1. The van der Waals surface area contributed by atoms with E-state index in [4.69, 9.17) is 16.9 Å². The average molecular weight is 451 g/mol.